The Hall–Kier alpha value is -8.98. The van der Waals surface area contributed by atoms with Crippen LogP contribution in [0, 0.1) is 0 Å². The van der Waals surface area contributed by atoms with E-state index >= 15 is 0 Å². The maximum absolute atomic E-state index is 2.57. The van der Waals surface area contributed by atoms with Crippen LogP contribution >= 0.6 is 0 Å². The van der Waals surface area contributed by atoms with Crippen LogP contribution in [0.5, 0.6) is 0 Å². The van der Waals surface area contributed by atoms with Crippen molar-refractivity contribution in [2.24, 2.45) is 0 Å². The lowest BCUT2D eigenvalue weighted by Crippen LogP contribution is -2.04. The van der Waals surface area contributed by atoms with Crippen molar-refractivity contribution in [1.29, 1.82) is 0 Å². The number of nitrogens with zero attached hydrogens (tertiary/aromatic N) is 2. The summed E-state index contributed by atoms with van der Waals surface area (Å²) in [7, 11) is 0. The van der Waals surface area contributed by atoms with Gasteiger partial charge in [-0.2, -0.15) is 0 Å². The van der Waals surface area contributed by atoms with Gasteiger partial charge in [0.15, 0.2) is 0 Å². The van der Waals surface area contributed by atoms with E-state index in [0.29, 0.717) is 0 Å². The van der Waals surface area contributed by atoms with Crippen molar-refractivity contribution in [2.75, 3.05) is 0 Å². The fraction of sp³-hybridized carbons (Fsp3) is 0. The molecular weight excluding hydrogens is 821 g/mol. The summed E-state index contributed by atoms with van der Waals surface area (Å²) < 4.78 is 5.03. The van der Waals surface area contributed by atoms with Crippen molar-refractivity contribution in [1.82, 2.24) is 9.13 Å². The monoisotopic (exact) mass is 864 g/mol. The number of rotatable bonds is 8. The molecule has 0 aliphatic rings. The third kappa shape index (κ3) is 6.49. The maximum Gasteiger partial charge on any atom is 0.0703 e. The molecule has 0 atom stereocenters. The minimum Gasteiger partial charge on any atom is -0.307 e. The fourth-order valence-corrected chi connectivity index (χ4v) is 10.7. The zero-order chi connectivity index (χ0) is 45.0. The lowest BCUT2D eigenvalue weighted by Gasteiger charge is -2.19. The largest absolute Gasteiger partial charge is 0.307 e. The van der Waals surface area contributed by atoms with Crippen molar-refractivity contribution < 1.29 is 0 Å². The Labute approximate surface area is 395 Å². The minimum atomic E-state index is 1.10. The van der Waals surface area contributed by atoms with E-state index in [1.165, 1.54) is 93.8 Å². The number of para-hydroxylation sites is 4. The van der Waals surface area contributed by atoms with Gasteiger partial charge in [-0.15, -0.1) is 0 Å². The Kier molecular flexibility index (Phi) is 9.54. The summed E-state index contributed by atoms with van der Waals surface area (Å²) in [4.78, 5) is 0. The molecule has 0 saturated carbocycles. The van der Waals surface area contributed by atoms with E-state index in [1.54, 1.807) is 0 Å². The standard InChI is InChI=1S/C66H44N2/c1-5-23-45(24-6-1)50-31-13-14-33-52(50)49-41-57(48-29-11-4-12-30-48)66-60(42-49)59-43-58(53-34-16-15-32-51(53)46-25-7-2-8-26-46)56(47-27-9-3-10-28-47)44-65(59)68(66)64-40-22-21-39-63(64)67-61-37-19-17-35-54(61)55-36-18-20-38-62(55)67/h1-44H. The van der Waals surface area contributed by atoms with Gasteiger partial charge in [-0.25, -0.2) is 0 Å². The highest BCUT2D eigenvalue weighted by Crippen LogP contribution is 2.48. The first-order valence-electron chi connectivity index (χ1n) is 23.4. The Bertz CT molecular complexity index is 3940. The number of benzene rings is 11. The van der Waals surface area contributed by atoms with E-state index in [2.05, 4.69) is 276 Å². The molecule has 0 aliphatic carbocycles. The molecule has 318 valence electrons. The Morgan fingerprint density at radius 3 is 1.13 bits per heavy atom. The second kappa shape index (κ2) is 16.5. The minimum absolute atomic E-state index is 1.10. The summed E-state index contributed by atoms with van der Waals surface area (Å²) >= 11 is 0. The molecule has 0 amide bonds. The topological polar surface area (TPSA) is 9.86 Å². The molecule has 2 heterocycles. The molecule has 0 radical (unpaired) electrons. The van der Waals surface area contributed by atoms with E-state index in [1.807, 2.05) is 0 Å². The summed E-state index contributed by atoms with van der Waals surface area (Å²) in [5, 5.41) is 4.85. The van der Waals surface area contributed by atoms with Crippen molar-refractivity contribution in [3.63, 3.8) is 0 Å². The second-order valence-corrected chi connectivity index (χ2v) is 17.6. The second-order valence-electron chi connectivity index (χ2n) is 17.6. The molecule has 13 rings (SSSR count). The summed E-state index contributed by atoms with van der Waals surface area (Å²) in [5.41, 5.74) is 21.1. The predicted molar refractivity (Wildman–Crippen MR) is 288 cm³/mol. The van der Waals surface area contributed by atoms with Gasteiger partial charge in [-0.3, -0.25) is 0 Å². The SMILES string of the molecule is c1ccc(-c2ccccc2-c2cc(-c3ccccc3)c3c(c2)c2cc(-c4ccccc4-c4ccccc4)c(-c4ccccc4)cc2n3-c2ccccc2-n2c3ccccc3c3ccccc32)cc1. The molecule has 0 aliphatic heterocycles. The number of hydrogen-bond acceptors (Lipinski definition) is 0. The van der Waals surface area contributed by atoms with Gasteiger partial charge < -0.3 is 9.13 Å². The van der Waals surface area contributed by atoms with E-state index in [-0.39, 0.29) is 0 Å². The highest BCUT2D eigenvalue weighted by molar-refractivity contribution is 6.18. The van der Waals surface area contributed by atoms with Gasteiger partial charge in [-0.1, -0.05) is 218 Å². The predicted octanol–water partition coefficient (Wildman–Crippen LogP) is 17.9. The quantitative estimate of drug-likeness (QED) is 0.144. The van der Waals surface area contributed by atoms with Gasteiger partial charge in [0.05, 0.1) is 33.4 Å². The molecule has 0 spiro atoms. The summed E-state index contributed by atoms with van der Waals surface area (Å²) in [5.74, 6) is 0. The van der Waals surface area contributed by atoms with E-state index in [0.717, 1.165) is 28.0 Å². The summed E-state index contributed by atoms with van der Waals surface area (Å²) in [6, 6.07) is 97.7. The van der Waals surface area contributed by atoms with Crippen LogP contribution in [0.1, 0.15) is 0 Å². The third-order valence-corrected chi connectivity index (χ3v) is 13.7. The van der Waals surface area contributed by atoms with Crippen LogP contribution in [-0.4, -0.2) is 9.13 Å². The molecule has 2 aromatic heterocycles. The maximum atomic E-state index is 2.57. The number of aromatic nitrogens is 2. The first-order chi connectivity index (χ1) is 33.8. The smallest absolute Gasteiger partial charge is 0.0703 e. The molecule has 13 aromatic rings. The van der Waals surface area contributed by atoms with Gasteiger partial charge >= 0.3 is 0 Å². The summed E-state index contributed by atoms with van der Waals surface area (Å²) in [6.07, 6.45) is 0. The lowest BCUT2D eigenvalue weighted by atomic mass is 9.87. The van der Waals surface area contributed by atoms with Crippen LogP contribution in [0.2, 0.25) is 0 Å². The Morgan fingerprint density at radius 1 is 0.191 bits per heavy atom. The van der Waals surface area contributed by atoms with Crippen molar-refractivity contribution >= 4 is 43.6 Å². The van der Waals surface area contributed by atoms with Crippen molar-refractivity contribution in [2.45, 2.75) is 0 Å². The number of fused-ring (bicyclic) bond motifs is 6. The zero-order valence-corrected chi connectivity index (χ0v) is 37.3. The van der Waals surface area contributed by atoms with Crippen LogP contribution in [0.15, 0.2) is 267 Å². The average molecular weight is 865 g/mol. The molecule has 2 nitrogen and oxygen atoms in total. The van der Waals surface area contributed by atoms with Gasteiger partial charge in [0.2, 0.25) is 0 Å². The number of hydrogen-bond donors (Lipinski definition) is 0. The Balaban J connectivity index is 1.22. The van der Waals surface area contributed by atoms with Gasteiger partial charge in [0.1, 0.15) is 0 Å². The van der Waals surface area contributed by atoms with Crippen molar-refractivity contribution in [3.8, 4) is 78.1 Å². The normalized spacial score (nSPS) is 11.5. The lowest BCUT2D eigenvalue weighted by molar-refractivity contribution is 1.10. The molecule has 11 aromatic carbocycles. The van der Waals surface area contributed by atoms with Crippen LogP contribution in [0.4, 0.5) is 0 Å². The van der Waals surface area contributed by atoms with Crippen LogP contribution in [-0.2, 0) is 0 Å². The van der Waals surface area contributed by atoms with E-state index < -0.39 is 0 Å². The Morgan fingerprint density at radius 2 is 0.588 bits per heavy atom. The zero-order valence-electron chi connectivity index (χ0n) is 37.3. The molecule has 68 heavy (non-hydrogen) atoms. The van der Waals surface area contributed by atoms with Gasteiger partial charge in [0.25, 0.3) is 0 Å². The molecule has 2 heteroatoms. The van der Waals surface area contributed by atoms with E-state index in [4.69, 9.17) is 0 Å². The third-order valence-electron chi connectivity index (χ3n) is 13.7. The summed E-state index contributed by atoms with van der Waals surface area (Å²) in [6.45, 7) is 0. The molecule has 0 N–H and O–H groups in total. The van der Waals surface area contributed by atoms with Crippen LogP contribution in [0.25, 0.3) is 122 Å². The fourth-order valence-electron chi connectivity index (χ4n) is 10.7. The van der Waals surface area contributed by atoms with Crippen LogP contribution in [0.3, 0.4) is 0 Å². The molecule has 0 saturated heterocycles. The van der Waals surface area contributed by atoms with Gasteiger partial charge in [0, 0.05) is 27.1 Å². The first-order valence-corrected chi connectivity index (χ1v) is 23.4. The molecule has 0 unspecified atom stereocenters. The van der Waals surface area contributed by atoms with E-state index in [9.17, 15) is 0 Å². The molecular formula is C66H44N2. The van der Waals surface area contributed by atoms with Crippen molar-refractivity contribution in [3.05, 3.63) is 267 Å². The van der Waals surface area contributed by atoms with Gasteiger partial charge in [-0.05, 0) is 110 Å². The molecule has 0 bridgehead atoms. The average Bonchev–Trinajstić information content (AvgIpc) is 3.93. The van der Waals surface area contributed by atoms with Crippen LogP contribution < -0.4 is 0 Å². The first kappa shape index (κ1) is 39.4. The molecule has 0 fully saturated rings. The highest BCUT2D eigenvalue weighted by atomic mass is 15.1. The highest BCUT2D eigenvalue weighted by Gasteiger charge is 2.25.